The van der Waals surface area contributed by atoms with Gasteiger partial charge in [-0.05, 0) is 31.7 Å². The highest BCUT2D eigenvalue weighted by molar-refractivity contribution is 5.76. The van der Waals surface area contributed by atoms with Gasteiger partial charge >= 0.3 is 5.97 Å². The molecule has 0 aromatic heterocycles. The van der Waals surface area contributed by atoms with Crippen molar-refractivity contribution in [2.24, 2.45) is 5.92 Å². The summed E-state index contributed by atoms with van der Waals surface area (Å²) in [5.41, 5.74) is 0. The maximum absolute atomic E-state index is 11.9. The maximum atomic E-state index is 11.9. The second-order valence-electron chi connectivity index (χ2n) is 5.41. The minimum Gasteiger partial charge on any atom is -0.481 e. The Balaban J connectivity index is 2.52. The molecule has 20 heavy (non-hydrogen) atoms. The molecule has 6 nitrogen and oxygen atoms in total. The van der Waals surface area contributed by atoms with Crippen LogP contribution < -0.4 is 5.32 Å². The van der Waals surface area contributed by atoms with E-state index in [4.69, 9.17) is 10.2 Å². The van der Waals surface area contributed by atoms with Gasteiger partial charge in [-0.25, -0.2) is 0 Å². The highest BCUT2D eigenvalue weighted by Crippen LogP contribution is 2.22. The smallest absolute Gasteiger partial charge is 0.303 e. The predicted octanol–water partition coefficient (Wildman–Crippen LogP) is 0.450. The first-order valence-electron chi connectivity index (χ1n) is 7.40. The first-order chi connectivity index (χ1) is 9.56. The molecule has 0 aliphatic carbocycles. The second-order valence-corrected chi connectivity index (χ2v) is 5.41. The molecule has 1 aliphatic heterocycles. The van der Waals surface area contributed by atoms with Crippen LogP contribution in [0.2, 0.25) is 0 Å². The number of hydrogen-bond acceptors (Lipinski definition) is 4. The first kappa shape index (κ1) is 16.9. The van der Waals surface area contributed by atoms with Gasteiger partial charge in [-0.15, -0.1) is 0 Å². The van der Waals surface area contributed by atoms with E-state index in [1.807, 2.05) is 11.8 Å². The Morgan fingerprint density at radius 2 is 2.10 bits per heavy atom. The zero-order chi connectivity index (χ0) is 15.0. The zero-order valence-corrected chi connectivity index (χ0v) is 12.2. The van der Waals surface area contributed by atoms with Gasteiger partial charge in [0.15, 0.2) is 0 Å². The maximum Gasteiger partial charge on any atom is 0.303 e. The molecule has 1 saturated heterocycles. The van der Waals surface area contributed by atoms with Gasteiger partial charge in [0, 0.05) is 38.6 Å². The van der Waals surface area contributed by atoms with Crippen LogP contribution >= 0.6 is 0 Å². The van der Waals surface area contributed by atoms with Crippen molar-refractivity contribution < 1.29 is 19.8 Å². The van der Waals surface area contributed by atoms with Gasteiger partial charge < -0.3 is 20.4 Å². The Labute approximate surface area is 120 Å². The summed E-state index contributed by atoms with van der Waals surface area (Å²) in [7, 11) is 0. The number of likely N-dealkylation sites (tertiary alicyclic amines) is 1. The molecule has 2 atom stereocenters. The molecular formula is C14H26N2O4. The van der Waals surface area contributed by atoms with E-state index in [1.54, 1.807) is 0 Å². The van der Waals surface area contributed by atoms with Gasteiger partial charge in [0.2, 0.25) is 5.91 Å². The standard InChI is InChI=1S/C14H26N2O4/c1-2-13(18)16-9-11(4-5-14(19)20)8-12(10-16)15-6-3-7-17/h11-12,15,17H,2-10H2,1H3,(H,19,20). The van der Waals surface area contributed by atoms with Crippen LogP contribution in [-0.4, -0.2) is 59.3 Å². The first-order valence-corrected chi connectivity index (χ1v) is 7.40. The molecule has 1 amide bonds. The number of piperidine rings is 1. The fourth-order valence-corrected chi connectivity index (χ4v) is 2.70. The van der Waals surface area contributed by atoms with Crippen molar-refractivity contribution >= 4 is 11.9 Å². The van der Waals surface area contributed by atoms with E-state index in [1.165, 1.54) is 0 Å². The number of rotatable bonds is 8. The van der Waals surface area contributed by atoms with Crippen molar-refractivity contribution in [2.45, 2.75) is 45.1 Å². The number of nitrogens with zero attached hydrogens (tertiary/aromatic N) is 1. The molecule has 0 bridgehead atoms. The van der Waals surface area contributed by atoms with Gasteiger partial charge in [-0.3, -0.25) is 9.59 Å². The lowest BCUT2D eigenvalue weighted by Gasteiger charge is -2.38. The van der Waals surface area contributed by atoms with Crippen LogP contribution in [0.3, 0.4) is 0 Å². The van der Waals surface area contributed by atoms with Crippen LogP contribution in [0.25, 0.3) is 0 Å². The van der Waals surface area contributed by atoms with Crippen LogP contribution in [-0.2, 0) is 9.59 Å². The van der Waals surface area contributed by atoms with Crippen LogP contribution in [0.5, 0.6) is 0 Å². The van der Waals surface area contributed by atoms with Crippen molar-refractivity contribution in [3.8, 4) is 0 Å². The number of aliphatic hydroxyl groups is 1. The van der Waals surface area contributed by atoms with Crippen molar-refractivity contribution in [1.82, 2.24) is 10.2 Å². The fraction of sp³-hybridized carbons (Fsp3) is 0.857. The molecule has 6 heteroatoms. The topological polar surface area (TPSA) is 89.9 Å². The van der Waals surface area contributed by atoms with E-state index < -0.39 is 5.97 Å². The Morgan fingerprint density at radius 3 is 2.70 bits per heavy atom. The van der Waals surface area contributed by atoms with Gasteiger partial charge in [0.1, 0.15) is 0 Å². The molecule has 0 spiro atoms. The van der Waals surface area contributed by atoms with Gasteiger partial charge in [-0.1, -0.05) is 6.92 Å². The van der Waals surface area contributed by atoms with Gasteiger partial charge in [0.25, 0.3) is 0 Å². The quantitative estimate of drug-likeness (QED) is 0.564. The van der Waals surface area contributed by atoms with Gasteiger partial charge in [0.05, 0.1) is 0 Å². The molecule has 116 valence electrons. The number of carbonyl (C=O) groups is 2. The molecule has 2 unspecified atom stereocenters. The van der Waals surface area contributed by atoms with Crippen LogP contribution in [0.4, 0.5) is 0 Å². The van der Waals surface area contributed by atoms with Crippen molar-refractivity contribution in [2.75, 3.05) is 26.2 Å². The molecule has 3 N–H and O–H groups in total. The number of carboxylic acid groups (broad SMARTS) is 1. The third-order valence-corrected chi connectivity index (χ3v) is 3.73. The molecule has 1 heterocycles. The normalized spacial score (nSPS) is 22.8. The summed E-state index contributed by atoms with van der Waals surface area (Å²) in [5, 5.41) is 20.9. The number of nitrogens with one attached hydrogen (secondary N) is 1. The molecular weight excluding hydrogens is 260 g/mol. The summed E-state index contributed by atoms with van der Waals surface area (Å²) < 4.78 is 0. The zero-order valence-electron chi connectivity index (χ0n) is 12.2. The molecule has 0 saturated carbocycles. The molecule has 0 aromatic rings. The largest absolute Gasteiger partial charge is 0.481 e. The monoisotopic (exact) mass is 286 g/mol. The predicted molar refractivity (Wildman–Crippen MR) is 75.3 cm³/mol. The van der Waals surface area contributed by atoms with Gasteiger partial charge in [-0.2, -0.15) is 0 Å². The summed E-state index contributed by atoms with van der Waals surface area (Å²) in [6.45, 7) is 4.07. The number of carbonyl (C=O) groups excluding carboxylic acids is 1. The van der Waals surface area contributed by atoms with E-state index in [-0.39, 0.29) is 30.9 Å². The minimum atomic E-state index is -0.784. The van der Waals surface area contributed by atoms with E-state index >= 15 is 0 Å². The number of amides is 1. The fourth-order valence-electron chi connectivity index (χ4n) is 2.70. The number of aliphatic carboxylic acids is 1. The molecule has 0 aromatic carbocycles. The highest BCUT2D eigenvalue weighted by Gasteiger charge is 2.29. The average molecular weight is 286 g/mol. The van der Waals surface area contributed by atoms with E-state index in [0.717, 1.165) is 13.0 Å². The van der Waals surface area contributed by atoms with E-state index in [0.29, 0.717) is 32.4 Å². The van der Waals surface area contributed by atoms with Crippen molar-refractivity contribution in [3.63, 3.8) is 0 Å². The third kappa shape index (κ3) is 5.88. The van der Waals surface area contributed by atoms with E-state index in [9.17, 15) is 9.59 Å². The number of hydrogen-bond donors (Lipinski definition) is 3. The highest BCUT2D eigenvalue weighted by atomic mass is 16.4. The third-order valence-electron chi connectivity index (χ3n) is 3.73. The summed E-state index contributed by atoms with van der Waals surface area (Å²) >= 11 is 0. The lowest BCUT2D eigenvalue weighted by atomic mass is 9.90. The summed E-state index contributed by atoms with van der Waals surface area (Å²) in [4.78, 5) is 24.4. The average Bonchev–Trinajstić information content (AvgIpc) is 2.44. The van der Waals surface area contributed by atoms with Crippen molar-refractivity contribution in [1.29, 1.82) is 0 Å². The Morgan fingerprint density at radius 1 is 1.35 bits per heavy atom. The molecule has 1 aliphatic rings. The SMILES string of the molecule is CCC(=O)N1CC(CCC(=O)O)CC(NCCCO)C1. The summed E-state index contributed by atoms with van der Waals surface area (Å²) in [6.07, 6.45) is 2.84. The Hall–Kier alpha value is -1.14. The summed E-state index contributed by atoms with van der Waals surface area (Å²) in [6, 6.07) is 0.199. The Kier molecular flexibility index (Phi) is 7.54. The second kappa shape index (κ2) is 8.92. The molecule has 1 fully saturated rings. The van der Waals surface area contributed by atoms with Crippen LogP contribution in [0.1, 0.15) is 39.0 Å². The Bertz CT molecular complexity index is 322. The van der Waals surface area contributed by atoms with E-state index in [2.05, 4.69) is 5.32 Å². The lowest BCUT2D eigenvalue weighted by molar-refractivity contribution is -0.137. The molecule has 0 radical (unpaired) electrons. The van der Waals surface area contributed by atoms with Crippen LogP contribution in [0, 0.1) is 5.92 Å². The number of carboxylic acids is 1. The van der Waals surface area contributed by atoms with Crippen molar-refractivity contribution in [3.05, 3.63) is 0 Å². The van der Waals surface area contributed by atoms with Crippen LogP contribution in [0.15, 0.2) is 0 Å². The minimum absolute atomic E-state index is 0.124. The molecule has 1 rings (SSSR count). The number of aliphatic hydroxyl groups excluding tert-OH is 1. The lowest BCUT2D eigenvalue weighted by Crippen LogP contribution is -2.51. The summed E-state index contributed by atoms with van der Waals surface area (Å²) in [5.74, 6) is -0.422.